The molecule has 0 unspecified atom stereocenters. The first-order valence-corrected chi connectivity index (χ1v) is 15.0. The summed E-state index contributed by atoms with van der Waals surface area (Å²) >= 11 is 0. The SMILES string of the molecule is CCCCCCOc1ccc(C(=O)Oc2ccc(C=CC(=O)OCCc3ccc(CCC)cc3CCC)cc2)cc1. The molecule has 3 aromatic carbocycles. The zero-order chi connectivity index (χ0) is 29.3. The van der Waals surface area contributed by atoms with Crippen molar-refractivity contribution in [2.75, 3.05) is 13.2 Å². The van der Waals surface area contributed by atoms with E-state index < -0.39 is 5.97 Å². The fourth-order valence-corrected chi connectivity index (χ4v) is 4.56. The molecule has 3 rings (SSSR count). The highest BCUT2D eigenvalue weighted by atomic mass is 16.5. The van der Waals surface area contributed by atoms with Crippen molar-refractivity contribution in [2.24, 2.45) is 0 Å². The van der Waals surface area contributed by atoms with E-state index in [9.17, 15) is 9.59 Å². The van der Waals surface area contributed by atoms with Gasteiger partial charge in [0.15, 0.2) is 0 Å². The van der Waals surface area contributed by atoms with Crippen LogP contribution in [0.1, 0.15) is 91.9 Å². The molecule has 0 heterocycles. The second-order valence-electron chi connectivity index (χ2n) is 10.2. The number of benzene rings is 3. The van der Waals surface area contributed by atoms with Crippen molar-refractivity contribution in [3.8, 4) is 11.5 Å². The number of hydrogen-bond donors (Lipinski definition) is 0. The predicted molar refractivity (Wildman–Crippen MR) is 166 cm³/mol. The summed E-state index contributed by atoms with van der Waals surface area (Å²) in [7, 11) is 0. The van der Waals surface area contributed by atoms with E-state index in [1.54, 1.807) is 54.6 Å². The number of unbranched alkanes of at least 4 members (excludes halogenated alkanes) is 3. The van der Waals surface area contributed by atoms with E-state index in [0.29, 0.717) is 30.9 Å². The maximum atomic E-state index is 12.5. The standard InChI is InChI=1S/C36H44O5/c1-4-7-8-9-25-39-33-21-17-31(18-22-33)36(38)41-34-19-13-28(14-20-34)15-23-35(37)40-26-24-30-16-12-29(10-5-2)27-32(30)11-6-3/h12-23,27H,4-11,24-26H2,1-3H3. The van der Waals surface area contributed by atoms with E-state index in [1.165, 1.54) is 35.6 Å². The third kappa shape index (κ3) is 11.3. The third-order valence-electron chi connectivity index (χ3n) is 6.80. The van der Waals surface area contributed by atoms with Crippen LogP contribution in [0.25, 0.3) is 6.08 Å². The van der Waals surface area contributed by atoms with Crippen molar-refractivity contribution >= 4 is 18.0 Å². The van der Waals surface area contributed by atoms with Crippen LogP contribution in [-0.4, -0.2) is 25.2 Å². The van der Waals surface area contributed by atoms with E-state index in [2.05, 4.69) is 39.0 Å². The number of hydrogen-bond acceptors (Lipinski definition) is 5. The minimum atomic E-state index is -0.437. The van der Waals surface area contributed by atoms with Crippen LogP contribution in [0.2, 0.25) is 0 Å². The largest absolute Gasteiger partial charge is 0.494 e. The first-order chi connectivity index (χ1) is 20.0. The number of esters is 2. The topological polar surface area (TPSA) is 61.8 Å². The second-order valence-corrected chi connectivity index (χ2v) is 10.2. The van der Waals surface area contributed by atoms with Crippen molar-refractivity contribution in [1.82, 2.24) is 0 Å². The Hall–Kier alpha value is -3.86. The Bertz CT molecular complexity index is 1240. The molecule has 0 aromatic heterocycles. The van der Waals surface area contributed by atoms with Crippen LogP contribution in [-0.2, 0) is 28.8 Å². The highest BCUT2D eigenvalue weighted by molar-refractivity contribution is 5.91. The molecular weight excluding hydrogens is 512 g/mol. The van der Waals surface area contributed by atoms with Crippen molar-refractivity contribution in [3.63, 3.8) is 0 Å². The van der Waals surface area contributed by atoms with E-state index >= 15 is 0 Å². The van der Waals surface area contributed by atoms with Gasteiger partial charge < -0.3 is 14.2 Å². The summed E-state index contributed by atoms with van der Waals surface area (Å²) in [6.07, 6.45) is 12.8. The Morgan fingerprint density at radius 2 is 1.41 bits per heavy atom. The average Bonchev–Trinajstić information content (AvgIpc) is 2.98. The summed E-state index contributed by atoms with van der Waals surface area (Å²) in [4.78, 5) is 24.8. The molecule has 0 spiro atoms. The molecule has 0 bridgehead atoms. The summed E-state index contributed by atoms with van der Waals surface area (Å²) in [5, 5.41) is 0. The lowest BCUT2D eigenvalue weighted by molar-refractivity contribution is -0.137. The average molecular weight is 557 g/mol. The molecule has 0 atom stereocenters. The normalized spacial score (nSPS) is 11.0. The highest BCUT2D eigenvalue weighted by Gasteiger charge is 2.09. The molecule has 0 aliphatic carbocycles. The summed E-state index contributed by atoms with van der Waals surface area (Å²) in [6, 6.07) is 20.6. The molecule has 218 valence electrons. The van der Waals surface area contributed by atoms with Crippen LogP contribution in [0.4, 0.5) is 0 Å². The molecule has 0 N–H and O–H groups in total. The summed E-state index contributed by atoms with van der Waals surface area (Å²) in [6.45, 7) is 7.57. The molecule has 0 amide bonds. The van der Waals surface area contributed by atoms with Gasteiger partial charge in [-0.2, -0.15) is 0 Å². The minimum Gasteiger partial charge on any atom is -0.494 e. The smallest absolute Gasteiger partial charge is 0.343 e. The second kappa shape index (κ2) is 17.8. The third-order valence-corrected chi connectivity index (χ3v) is 6.80. The molecule has 0 aliphatic heterocycles. The van der Waals surface area contributed by atoms with Gasteiger partial charge in [0.2, 0.25) is 0 Å². The van der Waals surface area contributed by atoms with Crippen molar-refractivity contribution in [1.29, 1.82) is 0 Å². The molecule has 0 radical (unpaired) electrons. The van der Waals surface area contributed by atoms with Gasteiger partial charge in [-0.1, -0.05) is 83.2 Å². The van der Waals surface area contributed by atoms with Crippen LogP contribution < -0.4 is 9.47 Å². The van der Waals surface area contributed by atoms with Gasteiger partial charge in [0.1, 0.15) is 11.5 Å². The van der Waals surface area contributed by atoms with E-state index in [0.717, 1.165) is 49.8 Å². The molecule has 5 nitrogen and oxygen atoms in total. The molecule has 3 aromatic rings. The fourth-order valence-electron chi connectivity index (χ4n) is 4.56. The van der Waals surface area contributed by atoms with Gasteiger partial charge in [-0.3, -0.25) is 0 Å². The maximum absolute atomic E-state index is 12.5. The van der Waals surface area contributed by atoms with Gasteiger partial charge in [-0.05, 0) is 84.0 Å². The number of aryl methyl sites for hydroxylation is 2. The Labute approximate surface area is 245 Å². The van der Waals surface area contributed by atoms with Crippen molar-refractivity contribution < 1.29 is 23.8 Å². The van der Waals surface area contributed by atoms with Gasteiger partial charge in [0.25, 0.3) is 0 Å². The quantitative estimate of drug-likeness (QED) is 0.0721. The van der Waals surface area contributed by atoms with Gasteiger partial charge in [-0.15, -0.1) is 0 Å². The van der Waals surface area contributed by atoms with E-state index in [1.807, 2.05) is 0 Å². The summed E-state index contributed by atoms with van der Waals surface area (Å²) < 4.78 is 16.7. The predicted octanol–water partition coefficient (Wildman–Crippen LogP) is 8.57. The number of carbonyl (C=O) groups is 2. The number of carbonyl (C=O) groups excluding carboxylic acids is 2. The Morgan fingerprint density at radius 3 is 2.12 bits per heavy atom. The van der Waals surface area contributed by atoms with Gasteiger partial charge >= 0.3 is 11.9 Å². The zero-order valence-corrected chi connectivity index (χ0v) is 24.8. The first-order valence-electron chi connectivity index (χ1n) is 15.0. The van der Waals surface area contributed by atoms with Crippen LogP contribution in [0.15, 0.2) is 72.8 Å². The van der Waals surface area contributed by atoms with Gasteiger partial charge in [0.05, 0.1) is 18.8 Å². The lowest BCUT2D eigenvalue weighted by atomic mass is 9.97. The molecule has 0 aliphatic rings. The van der Waals surface area contributed by atoms with Crippen molar-refractivity contribution in [3.05, 3.63) is 101 Å². The molecule has 41 heavy (non-hydrogen) atoms. The fraction of sp³-hybridized carbons (Fsp3) is 0.389. The lowest BCUT2D eigenvalue weighted by Crippen LogP contribution is -2.08. The van der Waals surface area contributed by atoms with E-state index in [-0.39, 0.29) is 5.97 Å². The molecule has 0 saturated carbocycles. The van der Waals surface area contributed by atoms with Gasteiger partial charge in [-0.25, -0.2) is 9.59 Å². The van der Waals surface area contributed by atoms with Crippen LogP contribution in [0.5, 0.6) is 11.5 Å². The Kier molecular flexibility index (Phi) is 13.7. The van der Waals surface area contributed by atoms with Gasteiger partial charge in [0, 0.05) is 12.5 Å². The molecule has 0 fully saturated rings. The highest BCUT2D eigenvalue weighted by Crippen LogP contribution is 2.19. The minimum absolute atomic E-state index is 0.341. The molecular formula is C36H44O5. The first kappa shape index (κ1) is 31.7. The summed E-state index contributed by atoms with van der Waals surface area (Å²) in [5.41, 5.74) is 5.22. The Balaban J connectivity index is 1.43. The van der Waals surface area contributed by atoms with Crippen molar-refractivity contribution in [2.45, 2.75) is 78.6 Å². The zero-order valence-electron chi connectivity index (χ0n) is 24.8. The maximum Gasteiger partial charge on any atom is 0.343 e. The molecule has 5 heteroatoms. The monoisotopic (exact) mass is 556 g/mol. The van der Waals surface area contributed by atoms with Crippen LogP contribution >= 0.6 is 0 Å². The van der Waals surface area contributed by atoms with Crippen LogP contribution in [0.3, 0.4) is 0 Å². The van der Waals surface area contributed by atoms with Crippen LogP contribution in [0, 0.1) is 0 Å². The lowest BCUT2D eigenvalue weighted by Gasteiger charge is -2.11. The molecule has 0 saturated heterocycles. The number of rotatable bonds is 17. The summed E-state index contributed by atoms with van der Waals surface area (Å²) in [5.74, 6) is 0.357. The number of ether oxygens (including phenoxy) is 3. The van der Waals surface area contributed by atoms with E-state index in [4.69, 9.17) is 14.2 Å². The Morgan fingerprint density at radius 1 is 0.683 bits per heavy atom.